The molecule has 0 heterocycles. The van der Waals surface area contributed by atoms with Crippen molar-refractivity contribution in [1.29, 1.82) is 5.26 Å². The van der Waals surface area contributed by atoms with Crippen LogP contribution in [0.2, 0.25) is 0 Å². The number of methoxy groups -OCH3 is 1. The van der Waals surface area contributed by atoms with Crippen molar-refractivity contribution in [3.8, 4) is 6.07 Å². The monoisotopic (exact) mass is 246 g/mol. The number of rotatable bonds is 4. The van der Waals surface area contributed by atoms with Gasteiger partial charge in [-0.25, -0.2) is 0 Å². The SMILES string of the molecule is COC(=O)C(N)(Cc1ccc(C#N)cc1)C(C)C. The maximum absolute atomic E-state index is 11.8. The predicted molar refractivity (Wildman–Crippen MR) is 68.6 cm³/mol. The number of hydrogen-bond donors (Lipinski definition) is 1. The summed E-state index contributed by atoms with van der Waals surface area (Å²) < 4.78 is 4.78. The van der Waals surface area contributed by atoms with Crippen LogP contribution in [0.1, 0.15) is 25.0 Å². The summed E-state index contributed by atoms with van der Waals surface area (Å²) in [5.74, 6) is -0.456. The largest absolute Gasteiger partial charge is 0.468 e. The Morgan fingerprint density at radius 3 is 2.39 bits per heavy atom. The van der Waals surface area contributed by atoms with Crippen molar-refractivity contribution < 1.29 is 9.53 Å². The maximum atomic E-state index is 11.8. The van der Waals surface area contributed by atoms with Gasteiger partial charge in [-0.2, -0.15) is 5.26 Å². The molecule has 1 unspecified atom stereocenters. The van der Waals surface area contributed by atoms with E-state index in [1.165, 1.54) is 7.11 Å². The minimum atomic E-state index is -1.04. The number of benzene rings is 1. The third-order valence-corrected chi connectivity index (χ3v) is 3.18. The van der Waals surface area contributed by atoms with E-state index in [0.717, 1.165) is 5.56 Å². The molecule has 0 spiro atoms. The van der Waals surface area contributed by atoms with Crippen LogP contribution in [-0.4, -0.2) is 18.6 Å². The average Bonchev–Trinajstić information content (AvgIpc) is 2.38. The molecule has 0 saturated carbocycles. The van der Waals surface area contributed by atoms with Crippen LogP contribution in [0.15, 0.2) is 24.3 Å². The Bertz CT molecular complexity index is 460. The zero-order chi connectivity index (χ0) is 13.8. The van der Waals surface area contributed by atoms with Crippen molar-refractivity contribution in [2.24, 2.45) is 11.7 Å². The van der Waals surface area contributed by atoms with E-state index in [2.05, 4.69) is 6.07 Å². The Morgan fingerprint density at radius 1 is 1.44 bits per heavy atom. The Kier molecular flexibility index (Phi) is 4.46. The van der Waals surface area contributed by atoms with Gasteiger partial charge in [0.05, 0.1) is 18.7 Å². The Balaban J connectivity index is 2.97. The molecule has 0 aromatic heterocycles. The van der Waals surface area contributed by atoms with Crippen LogP contribution in [0.25, 0.3) is 0 Å². The molecule has 2 N–H and O–H groups in total. The molecule has 0 aliphatic carbocycles. The lowest BCUT2D eigenvalue weighted by Gasteiger charge is -2.30. The molecule has 18 heavy (non-hydrogen) atoms. The van der Waals surface area contributed by atoms with E-state index >= 15 is 0 Å². The van der Waals surface area contributed by atoms with Crippen molar-refractivity contribution in [2.75, 3.05) is 7.11 Å². The third-order valence-electron chi connectivity index (χ3n) is 3.18. The minimum Gasteiger partial charge on any atom is -0.468 e. The van der Waals surface area contributed by atoms with Crippen molar-refractivity contribution >= 4 is 5.97 Å². The zero-order valence-electron chi connectivity index (χ0n) is 10.9. The molecule has 0 aliphatic heterocycles. The highest BCUT2D eigenvalue weighted by molar-refractivity contribution is 5.81. The number of nitrogens with zero attached hydrogens (tertiary/aromatic N) is 1. The van der Waals surface area contributed by atoms with Crippen LogP contribution in [0.3, 0.4) is 0 Å². The molecule has 4 heteroatoms. The number of nitriles is 1. The molecule has 0 bridgehead atoms. The summed E-state index contributed by atoms with van der Waals surface area (Å²) in [5.41, 5.74) is 6.62. The van der Waals surface area contributed by atoms with Crippen molar-refractivity contribution in [2.45, 2.75) is 25.8 Å². The van der Waals surface area contributed by atoms with Gasteiger partial charge in [-0.15, -0.1) is 0 Å². The molecule has 1 aromatic carbocycles. The predicted octanol–water partition coefficient (Wildman–Crippen LogP) is 1.63. The van der Waals surface area contributed by atoms with Crippen molar-refractivity contribution in [1.82, 2.24) is 0 Å². The highest BCUT2D eigenvalue weighted by atomic mass is 16.5. The normalized spacial score (nSPS) is 13.8. The summed E-state index contributed by atoms with van der Waals surface area (Å²) in [7, 11) is 1.34. The summed E-state index contributed by atoms with van der Waals surface area (Å²) >= 11 is 0. The van der Waals surface area contributed by atoms with Crippen LogP contribution in [0.5, 0.6) is 0 Å². The van der Waals surface area contributed by atoms with E-state index in [0.29, 0.717) is 12.0 Å². The van der Waals surface area contributed by atoms with Gasteiger partial charge in [0.15, 0.2) is 0 Å². The van der Waals surface area contributed by atoms with E-state index < -0.39 is 11.5 Å². The molecular weight excluding hydrogens is 228 g/mol. The summed E-state index contributed by atoms with van der Waals surface area (Å²) in [6, 6.07) is 9.10. The van der Waals surface area contributed by atoms with Crippen LogP contribution >= 0.6 is 0 Å². The molecule has 0 saturated heterocycles. The Morgan fingerprint density at radius 2 is 2.00 bits per heavy atom. The molecule has 0 fully saturated rings. The van der Waals surface area contributed by atoms with Gasteiger partial charge in [-0.05, 0) is 23.6 Å². The number of carbonyl (C=O) groups is 1. The molecule has 0 amide bonds. The van der Waals surface area contributed by atoms with Crippen LogP contribution < -0.4 is 5.73 Å². The van der Waals surface area contributed by atoms with Gasteiger partial charge in [0.1, 0.15) is 5.54 Å². The highest BCUT2D eigenvalue weighted by Crippen LogP contribution is 2.21. The maximum Gasteiger partial charge on any atom is 0.326 e. The number of nitrogens with two attached hydrogens (primary N) is 1. The Hall–Kier alpha value is -1.86. The van der Waals surface area contributed by atoms with E-state index in [1.54, 1.807) is 12.1 Å². The van der Waals surface area contributed by atoms with Gasteiger partial charge in [0.2, 0.25) is 0 Å². The first-order chi connectivity index (χ1) is 8.43. The smallest absolute Gasteiger partial charge is 0.326 e. The quantitative estimate of drug-likeness (QED) is 0.819. The lowest BCUT2D eigenvalue weighted by atomic mass is 9.81. The first kappa shape index (κ1) is 14.2. The minimum absolute atomic E-state index is 0.0411. The van der Waals surface area contributed by atoms with E-state index in [-0.39, 0.29) is 5.92 Å². The molecule has 1 atom stereocenters. The van der Waals surface area contributed by atoms with Gasteiger partial charge in [-0.3, -0.25) is 4.79 Å². The third kappa shape index (κ3) is 2.88. The fourth-order valence-electron chi connectivity index (χ4n) is 1.74. The molecule has 0 radical (unpaired) electrons. The molecular formula is C14H18N2O2. The van der Waals surface area contributed by atoms with Crippen LogP contribution in [0, 0.1) is 17.2 Å². The van der Waals surface area contributed by atoms with Gasteiger partial charge in [-0.1, -0.05) is 26.0 Å². The average molecular weight is 246 g/mol. The fraction of sp³-hybridized carbons (Fsp3) is 0.429. The lowest BCUT2D eigenvalue weighted by molar-refractivity contribution is -0.148. The number of hydrogen-bond acceptors (Lipinski definition) is 4. The van der Waals surface area contributed by atoms with Crippen LogP contribution in [-0.2, 0) is 16.0 Å². The first-order valence-electron chi connectivity index (χ1n) is 5.80. The number of esters is 1. The van der Waals surface area contributed by atoms with Gasteiger partial charge >= 0.3 is 5.97 Å². The lowest BCUT2D eigenvalue weighted by Crippen LogP contribution is -2.54. The molecule has 1 aromatic rings. The zero-order valence-corrected chi connectivity index (χ0v) is 10.9. The van der Waals surface area contributed by atoms with E-state index in [9.17, 15) is 4.79 Å². The second kappa shape index (κ2) is 5.65. The van der Waals surface area contributed by atoms with E-state index in [1.807, 2.05) is 26.0 Å². The second-order valence-corrected chi connectivity index (χ2v) is 4.67. The summed E-state index contributed by atoms with van der Waals surface area (Å²) in [6.45, 7) is 3.78. The topological polar surface area (TPSA) is 76.1 Å². The van der Waals surface area contributed by atoms with Crippen molar-refractivity contribution in [3.63, 3.8) is 0 Å². The molecule has 0 aliphatic rings. The highest BCUT2D eigenvalue weighted by Gasteiger charge is 2.38. The number of carbonyl (C=O) groups excluding carboxylic acids is 1. The standard InChI is InChI=1S/C14H18N2O2/c1-10(2)14(16,13(17)18-3)8-11-4-6-12(9-15)7-5-11/h4-7,10H,8,16H2,1-3H3. The van der Waals surface area contributed by atoms with E-state index in [4.69, 9.17) is 15.7 Å². The summed E-state index contributed by atoms with van der Waals surface area (Å²) in [6.07, 6.45) is 0.392. The summed E-state index contributed by atoms with van der Waals surface area (Å²) in [5, 5.41) is 8.73. The fourth-order valence-corrected chi connectivity index (χ4v) is 1.74. The molecule has 4 nitrogen and oxygen atoms in total. The van der Waals surface area contributed by atoms with Crippen molar-refractivity contribution in [3.05, 3.63) is 35.4 Å². The van der Waals surface area contributed by atoms with Gasteiger partial charge in [0.25, 0.3) is 0 Å². The second-order valence-electron chi connectivity index (χ2n) is 4.67. The first-order valence-corrected chi connectivity index (χ1v) is 5.80. The number of ether oxygens (including phenoxy) is 1. The van der Waals surface area contributed by atoms with Crippen LogP contribution in [0.4, 0.5) is 0 Å². The molecule has 96 valence electrons. The molecule has 1 rings (SSSR count). The van der Waals surface area contributed by atoms with Gasteiger partial charge < -0.3 is 10.5 Å². The van der Waals surface area contributed by atoms with Gasteiger partial charge in [0, 0.05) is 6.42 Å². The Labute approximate surface area is 107 Å². The summed E-state index contributed by atoms with van der Waals surface area (Å²) in [4.78, 5) is 11.8.